The minimum absolute atomic E-state index is 0.0142. The predicted octanol–water partition coefficient (Wildman–Crippen LogP) is 1.84. The number of amides is 1. The van der Waals surface area contributed by atoms with Crippen molar-refractivity contribution in [2.45, 2.75) is 56.8 Å². The van der Waals surface area contributed by atoms with Gasteiger partial charge < -0.3 is 25.4 Å². The first-order valence-corrected chi connectivity index (χ1v) is 10.8. The molecule has 1 aromatic rings. The van der Waals surface area contributed by atoms with Crippen molar-refractivity contribution in [3.05, 3.63) is 35.4 Å². The molecule has 0 bridgehead atoms. The van der Waals surface area contributed by atoms with Gasteiger partial charge in [-0.3, -0.25) is 4.79 Å². The standard InChI is InChI=1S/C22H33N3O3/c26-22(25-14-18-6-3-10-28-18)17-5-1-4-16(12-17)13-24-20-8-2-7-19(20)21-15-27-11-9-23-21/h1,4-5,12,18-21,23-24H,2-3,6-11,13-15H2,(H,25,26). The summed E-state index contributed by atoms with van der Waals surface area (Å²) in [7, 11) is 0. The van der Waals surface area contributed by atoms with Crippen molar-refractivity contribution < 1.29 is 14.3 Å². The van der Waals surface area contributed by atoms with E-state index >= 15 is 0 Å². The summed E-state index contributed by atoms with van der Waals surface area (Å²) < 4.78 is 11.2. The smallest absolute Gasteiger partial charge is 0.251 e. The van der Waals surface area contributed by atoms with E-state index in [1.165, 1.54) is 19.3 Å². The quantitative estimate of drug-likeness (QED) is 0.666. The molecule has 3 fully saturated rings. The first kappa shape index (κ1) is 19.8. The van der Waals surface area contributed by atoms with Gasteiger partial charge in [0, 0.05) is 43.9 Å². The van der Waals surface area contributed by atoms with Gasteiger partial charge in [0.2, 0.25) is 0 Å². The van der Waals surface area contributed by atoms with Crippen LogP contribution in [0, 0.1) is 5.92 Å². The molecule has 4 unspecified atom stereocenters. The fourth-order valence-electron chi connectivity index (χ4n) is 4.77. The van der Waals surface area contributed by atoms with E-state index in [-0.39, 0.29) is 12.0 Å². The Kier molecular flexibility index (Phi) is 6.96. The van der Waals surface area contributed by atoms with Crippen LogP contribution in [0.2, 0.25) is 0 Å². The summed E-state index contributed by atoms with van der Waals surface area (Å²) in [5.41, 5.74) is 1.88. The molecule has 1 aliphatic carbocycles. The Morgan fingerprint density at radius 3 is 2.96 bits per heavy atom. The average Bonchev–Trinajstić information content (AvgIpc) is 3.43. The highest BCUT2D eigenvalue weighted by Crippen LogP contribution is 2.29. The Labute approximate surface area is 167 Å². The number of carbonyl (C=O) groups excluding carboxylic acids is 1. The van der Waals surface area contributed by atoms with Crippen LogP contribution in [-0.4, -0.2) is 57.0 Å². The molecule has 2 heterocycles. The predicted molar refractivity (Wildman–Crippen MR) is 108 cm³/mol. The lowest BCUT2D eigenvalue weighted by atomic mass is 9.94. The molecule has 28 heavy (non-hydrogen) atoms. The van der Waals surface area contributed by atoms with Crippen LogP contribution < -0.4 is 16.0 Å². The molecule has 3 N–H and O–H groups in total. The zero-order valence-corrected chi connectivity index (χ0v) is 16.6. The van der Waals surface area contributed by atoms with Crippen molar-refractivity contribution in [2.24, 2.45) is 5.92 Å². The van der Waals surface area contributed by atoms with Gasteiger partial charge in [-0.15, -0.1) is 0 Å². The zero-order chi connectivity index (χ0) is 19.2. The number of rotatable bonds is 7. The number of hydrogen-bond donors (Lipinski definition) is 3. The van der Waals surface area contributed by atoms with E-state index < -0.39 is 0 Å². The molecular formula is C22H33N3O3. The number of morpholine rings is 1. The number of nitrogens with one attached hydrogen (secondary N) is 3. The Morgan fingerprint density at radius 2 is 2.14 bits per heavy atom. The van der Waals surface area contributed by atoms with E-state index in [1.807, 2.05) is 18.2 Å². The van der Waals surface area contributed by atoms with E-state index in [2.05, 4.69) is 22.0 Å². The summed E-state index contributed by atoms with van der Waals surface area (Å²) in [6, 6.07) is 8.93. The molecule has 2 saturated heterocycles. The summed E-state index contributed by atoms with van der Waals surface area (Å²) in [6.07, 6.45) is 6.03. The van der Waals surface area contributed by atoms with Gasteiger partial charge in [0.15, 0.2) is 0 Å². The van der Waals surface area contributed by atoms with Gasteiger partial charge in [-0.2, -0.15) is 0 Å². The van der Waals surface area contributed by atoms with Crippen LogP contribution in [0.5, 0.6) is 0 Å². The Balaban J connectivity index is 1.28. The third-order valence-electron chi connectivity index (χ3n) is 6.31. The molecule has 1 aromatic carbocycles. The fourth-order valence-corrected chi connectivity index (χ4v) is 4.77. The van der Waals surface area contributed by atoms with E-state index in [0.717, 1.165) is 56.9 Å². The van der Waals surface area contributed by atoms with E-state index in [4.69, 9.17) is 9.47 Å². The van der Waals surface area contributed by atoms with Crippen LogP contribution in [0.3, 0.4) is 0 Å². The second-order valence-corrected chi connectivity index (χ2v) is 8.26. The van der Waals surface area contributed by atoms with Crippen molar-refractivity contribution in [1.29, 1.82) is 0 Å². The highest BCUT2D eigenvalue weighted by molar-refractivity contribution is 5.94. The normalized spacial score (nSPS) is 30.4. The first-order chi connectivity index (χ1) is 13.8. The van der Waals surface area contributed by atoms with Crippen LogP contribution >= 0.6 is 0 Å². The topological polar surface area (TPSA) is 71.6 Å². The van der Waals surface area contributed by atoms with Gasteiger partial charge >= 0.3 is 0 Å². The summed E-state index contributed by atoms with van der Waals surface area (Å²) in [5.74, 6) is 0.609. The van der Waals surface area contributed by atoms with Gasteiger partial charge in [-0.25, -0.2) is 0 Å². The summed E-state index contributed by atoms with van der Waals surface area (Å²) in [5, 5.41) is 10.4. The lowest BCUT2D eigenvalue weighted by Gasteiger charge is -2.33. The van der Waals surface area contributed by atoms with Crippen LogP contribution in [0.25, 0.3) is 0 Å². The zero-order valence-electron chi connectivity index (χ0n) is 16.6. The minimum atomic E-state index is -0.0142. The van der Waals surface area contributed by atoms with E-state index in [0.29, 0.717) is 24.5 Å². The SMILES string of the molecule is O=C(NCC1CCCO1)c1cccc(CNC2CCCC2C2COCCN2)c1. The number of benzene rings is 1. The molecule has 3 aliphatic rings. The average molecular weight is 388 g/mol. The summed E-state index contributed by atoms with van der Waals surface area (Å²) in [4.78, 5) is 12.5. The maximum Gasteiger partial charge on any atom is 0.251 e. The molecule has 4 atom stereocenters. The van der Waals surface area contributed by atoms with E-state index in [1.54, 1.807) is 0 Å². The van der Waals surface area contributed by atoms with Crippen molar-refractivity contribution in [3.8, 4) is 0 Å². The van der Waals surface area contributed by atoms with Crippen LogP contribution in [0.15, 0.2) is 24.3 Å². The van der Waals surface area contributed by atoms with Crippen LogP contribution in [0.1, 0.15) is 48.0 Å². The van der Waals surface area contributed by atoms with Crippen molar-refractivity contribution >= 4 is 5.91 Å². The lowest BCUT2D eigenvalue weighted by Crippen LogP contribution is -2.50. The van der Waals surface area contributed by atoms with Gasteiger partial charge in [0.1, 0.15) is 0 Å². The highest BCUT2D eigenvalue weighted by Gasteiger charge is 2.34. The summed E-state index contributed by atoms with van der Waals surface area (Å²) >= 11 is 0. The number of hydrogen-bond acceptors (Lipinski definition) is 5. The third-order valence-corrected chi connectivity index (χ3v) is 6.31. The molecule has 2 aliphatic heterocycles. The van der Waals surface area contributed by atoms with E-state index in [9.17, 15) is 4.79 Å². The van der Waals surface area contributed by atoms with Gasteiger partial charge in [0.25, 0.3) is 5.91 Å². The molecule has 6 heteroatoms. The minimum Gasteiger partial charge on any atom is -0.379 e. The van der Waals surface area contributed by atoms with Crippen molar-refractivity contribution in [1.82, 2.24) is 16.0 Å². The fraction of sp³-hybridized carbons (Fsp3) is 0.682. The molecule has 6 nitrogen and oxygen atoms in total. The Hall–Kier alpha value is -1.47. The number of ether oxygens (including phenoxy) is 2. The maximum absolute atomic E-state index is 12.5. The van der Waals surface area contributed by atoms with Crippen molar-refractivity contribution in [2.75, 3.05) is 32.9 Å². The second kappa shape index (κ2) is 9.83. The first-order valence-electron chi connectivity index (χ1n) is 10.8. The largest absolute Gasteiger partial charge is 0.379 e. The second-order valence-electron chi connectivity index (χ2n) is 8.26. The van der Waals surface area contributed by atoms with Crippen LogP contribution in [0.4, 0.5) is 0 Å². The third kappa shape index (κ3) is 5.11. The Bertz CT molecular complexity index is 642. The molecule has 154 valence electrons. The molecule has 1 amide bonds. The molecule has 0 aromatic heterocycles. The molecule has 1 saturated carbocycles. The van der Waals surface area contributed by atoms with Crippen molar-refractivity contribution in [3.63, 3.8) is 0 Å². The molecule has 4 rings (SSSR count). The molecule has 0 spiro atoms. The monoisotopic (exact) mass is 387 g/mol. The van der Waals surface area contributed by atoms with Gasteiger partial charge in [-0.05, 0) is 49.3 Å². The molecular weight excluding hydrogens is 354 g/mol. The lowest BCUT2D eigenvalue weighted by molar-refractivity contribution is 0.0524. The highest BCUT2D eigenvalue weighted by atomic mass is 16.5. The molecule has 0 radical (unpaired) electrons. The van der Waals surface area contributed by atoms with Gasteiger partial charge in [0.05, 0.1) is 19.3 Å². The summed E-state index contributed by atoms with van der Waals surface area (Å²) in [6.45, 7) is 4.80. The van der Waals surface area contributed by atoms with Gasteiger partial charge in [-0.1, -0.05) is 18.6 Å². The maximum atomic E-state index is 12.5. The number of carbonyl (C=O) groups is 1. The van der Waals surface area contributed by atoms with Crippen LogP contribution in [-0.2, 0) is 16.0 Å². The Morgan fingerprint density at radius 1 is 1.18 bits per heavy atom.